The van der Waals surface area contributed by atoms with Crippen molar-refractivity contribution in [2.24, 2.45) is 0 Å². The van der Waals surface area contributed by atoms with Gasteiger partial charge in [0.25, 0.3) is 0 Å². The first-order chi connectivity index (χ1) is 9.60. The van der Waals surface area contributed by atoms with Gasteiger partial charge in [-0.25, -0.2) is 0 Å². The molecule has 1 unspecified atom stereocenters. The fourth-order valence-corrected chi connectivity index (χ4v) is 2.32. The molecule has 1 aromatic rings. The van der Waals surface area contributed by atoms with Gasteiger partial charge in [-0.3, -0.25) is 4.90 Å². The minimum atomic E-state index is 0.155. The molecule has 1 aromatic carbocycles. The first kappa shape index (κ1) is 17.0. The normalized spacial score (nSPS) is 12.8. The van der Waals surface area contributed by atoms with E-state index >= 15 is 0 Å². The lowest BCUT2D eigenvalue weighted by molar-refractivity contribution is 0.110. The number of nitrogens with zero attached hydrogens (tertiary/aromatic N) is 1. The van der Waals surface area contributed by atoms with Crippen LogP contribution in [0.3, 0.4) is 0 Å². The van der Waals surface area contributed by atoms with E-state index in [2.05, 4.69) is 17.9 Å². The lowest BCUT2D eigenvalue weighted by atomic mass is 10.0. The molecule has 0 aliphatic rings. The lowest BCUT2D eigenvalue weighted by Gasteiger charge is -2.29. The fourth-order valence-electron chi connectivity index (χ4n) is 2.32. The Morgan fingerprint density at radius 3 is 2.50 bits per heavy atom. The first-order valence-electron chi connectivity index (χ1n) is 7.11. The van der Waals surface area contributed by atoms with Gasteiger partial charge in [0, 0.05) is 45.5 Å². The van der Waals surface area contributed by atoms with Gasteiger partial charge in [-0.15, -0.1) is 0 Å². The summed E-state index contributed by atoms with van der Waals surface area (Å²) in [5.41, 5.74) is 2.13. The van der Waals surface area contributed by atoms with Crippen LogP contribution in [0.5, 0.6) is 5.75 Å². The van der Waals surface area contributed by atoms with Gasteiger partial charge >= 0.3 is 0 Å². The first-order valence-corrected chi connectivity index (χ1v) is 7.11. The van der Waals surface area contributed by atoms with Crippen LogP contribution in [0.4, 0.5) is 0 Å². The van der Waals surface area contributed by atoms with Crippen molar-refractivity contribution in [1.82, 2.24) is 4.90 Å². The van der Waals surface area contributed by atoms with Crippen molar-refractivity contribution in [2.45, 2.75) is 26.3 Å². The van der Waals surface area contributed by atoms with Crippen molar-refractivity contribution in [3.63, 3.8) is 0 Å². The Morgan fingerprint density at radius 2 is 1.85 bits per heavy atom. The third-order valence-corrected chi connectivity index (χ3v) is 3.56. The lowest BCUT2D eigenvalue weighted by Crippen LogP contribution is -2.32. The molecule has 0 fully saturated rings. The third-order valence-electron chi connectivity index (χ3n) is 3.56. The summed E-state index contributed by atoms with van der Waals surface area (Å²) in [6, 6.07) is 5.90. The molecule has 0 aromatic heterocycles. The average Bonchev–Trinajstić information content (AvgIpc) is 2.44. The number of benzene rings is 1. The van der Waals surface area contributed by atoms with Crippen LogP contribution in [0.25, 0.3) is 0 Å². The number of phenolic OH excluding ortho intramolecular Hbond substituents is 1. The molecule has 1 rings (SSSR count). The van der Waals surface area contributed by atoms with Gasteiger partial charge in [-0.05, 0) is 26.3 Å². The molecule has 20 heavy (non-hydrogen) atoms. The van der Waals surface area contributed by atoms with Gasteiger partial charge in [0.15, 0.2) is 0 Å². The van der Waals surface area contributed by atoms with Crippen molar-refractivity contribution in [3.8, 4) is 5.75 Å². The van der Waals surface area contributed by atoms with E-state index < -0.39 is 0 Å². The Bertz CT molecular complexity index is 395. The highest BCUT2D eigenvalue weighted by molar-refractivity contribution is 5.37. The van der Waals surface area contributed by atoms with E-state index in [1.54, 1.807) is 20.3 Å². The highest BCUT2D eigenvalue weighted by Gasteiger charge is 2.18. The van der Waals surface area contributed by atoms with E-state index in [4.69, 9.17) is 9.47 Å². The Hall–Kier alpha value is -1.10. The Kier molecular flexibility index (Phi) is 7.59. The van der Waals surface area contributed by atoms with Crippen LogP contribution in [0.2, 0.25) is 0 Å². The summed E-state index contributed by atoms with van der Waals surface area (Å²) in [5, 5.41) is 10.1. The van der Waals surface area contributed by atoms with Crippen molar-refractivity contribution < 1.29 is 14.6 Å². The molecule has 0 radical (unpaired) electrons. The topological polar surface area (TPSA) is 41.9 Å². The summed E-state index contributed by atoms with van der Waals surface area (Å²) in [6.45, 7) is 7.36. The molecule has 0 saturated carbocycles. The van der Waals surface area contributed by atoms with Gasteiger partial charge in [0.2, 0.25) is 0 Å². The van der Waals surface area contributed by atoms with Crippen molar-refractivity contribution in [3.05, 3.63) is 29.3 Å². The number of methoxy groups -OCH3 is 2. The largest absolute Gasteiger partial charge is 0.508 e. The smallest absolute Gasteiger partial charge is 0.120 e. The fraction of sp³-hybridized carbons (Fsp3) is 0.625. The molecular formula is C16H27NO3. The summed E-state index contributed by atoms with van der Waals surface area (Å²) in [4.78, 5) is 2.32. The van der Waals surface area contributed by atoms with E-state index in [9.17, 15) is 5.11 Å². The molecule has 0 aliphatic heterocycles. The van der Waals surface area contributed by atoms with Gasteiger partial charge in [0.1, 0.15) is 5.75 Å². The standard InChI is InChI=1S/C16H27NO3/c1-13-6-7-16(18)15(12-13)14(2)17(9-11-20-4)8-5-10-19-3/h6-7,12,14,18H,5,8-11H2,1-4H3. The molecule has 0 spiro atoms. The second-order valence-electron chi connectivity index (χ2n) is 5.11. The molecule has 1 atom stereocenters. The average molecular weight is 281 g/mol. The number of hydrogen-bond donors (Lipinski definition) is 1. The maximum Gasteiger partial charge on any atom is 0.120 e. The summed E-state index contributed by atoms with van der Waals surface area (Å²) < 4.78 is 10.3. The number of aryl methyl sites for hydroxylation is 1. The zero-order chi connectivity index (χ0) is 15.0. The molecule has 4 nitrogen and oxygen atoms in total. The highest BCUT2D eigenvalue weighted by Crippen LogP contribution is 2.29. The SMILES string of the molecule is COCCCN(CCOC)C(C)c1cc(C)ccc1O. The zero-order valence-electron chi connectivity index (χ0n) is 13.1. The molecule has 0 bridgehead atoms. The summed E-state index contributed by atoms with van der Waals surface area (Å²) in [5.74, 6) is 0.359. The van der Waals surface area contributed by atoms with E-state index in [1.165, 1.54) is 0 Å². The van der Waals surface area contributed by atoms with Crippen molar-refractivity contribution in [1.29, 1.82) is 0 Å². The second-order valence-corrected chi connectivity index (χ2v) is 5.11. The second kappa shape index (κ2) is 8.95. The quantitative estimate of drug-likeness (QED) is 0.707. The summed E-state index contributed by atoms with van der Waals surface area (Å²) in [7, 11) is 3.43. The Morgan fingerprint density at radius 1 is 1.15 bits per heavy atom. The summed E-state index contributed by atoms with van der Waals surface area (Å²) in [6.07, 6.45) is 0.969. The monoisotopic (exact) mass is 281 g/mol. The Labute approximate surface area is 122 Å². The predicted octanol–water partition coefficient (Wildman–Crippen LogP) is 2.75. The van der Waals surface area contributed by atoms with Gasteiger partial charge in [-0.2, -0.15) is 0 Å². The van der Waals surface area contributed by atoms with Crippen LogP contribution in [0.1, 0.15) is 30.5 Å². The molecule has 0 aliphatic carbocycles. The molecule has 114 valence electrons. The minimum absolute atomic E-state index is 0.155. The zero-order valence-corrected chi connectivity index (χ0v) is 13.1. The number of hydrogen-bond acceptors (Lipinski definition) is 4. The van der Waals surface area contributed by atoms with Crippen molar-refractivity contribution >= 4 is 0 Å². The molecule has 0 amide bonds. The van der Waals surface area contributed by atoms with Crippen LogP contribution < -0.4 is 0 Å². The summed E-state index contributed by atoms with van der Waals surface area (Å²) >= 11 is 0. The van der Waals surface area contributed by atoms with E-state index in [1.807, 2.05) is 13.0 Å². The maximum absolute atomic E-state index is 10.1. The van der Waals surface area contributed by atoms with Gasteiger partial charge in [0.05, 0.1) is 6.61 Å². The third kappa shape index (κ3) is 5.12. The van der Waals surface area contributed by atoms with Crippen LogP contribution in [-0.4, -0.2) is 50.5 Å². The molecule has 4 heteroatoms. The minimum Gasteiger partial charge on any atom is -0.508 e. The molecule has 0 heterocycles. The molecule has 0 saturated heterocycles. The van der Waals surface area contributed by atoms with Crippen LogP contribution in [0.15, 0.2) is 18.2 Å². The number of ether oxygens (including phenoxy) is 2. The predicted molar refractivity (Wildman–Crippen MR) is 81.2 cm³/mol. The van der Waals surface area contributed by atoms with Crippen molar-refractivity contribution in [2.75, 3.05) is 40.5 Å². The number of rotatable bonds is 9. The van der Waals surface area contributed by atoms with Gasteiger partial charge in [-0.1, -0.05) is 17.7 Å². The number of aromatic hydroxyl groups is 1. The Balaban J connectivity index is 2.78. The van der Waals surface area contributed by atoms with E-state index in [-0.39, 0.29) is 6.04 Å². The highest BCUT2D eigenvalue weighted by atomic mass is 16.5. The molecular weight excluding hydrogens is 254 g/mol. The number of phenols is 1. The van der Waals surface area contributed by atoms with E-state index in [0.717, 1.165) is 37.2 Å². The molecule has 1 N–H and O–H groups in total. The maximum atomic E-state index is 10.1. The van der Waals surface area contributed by atoms with Gasteiger partial charge < -0.3 is 14.6 Å². The van der Waals surface area contributed by atoms with E-state index in [0.29, 0.717) is 12.4 Å². The van der Waals surface area contributed by atoms with Crippen LogP contribution in [-0.2, 0) is 9.47 Å². The van der Waals surface area contributed by atoms with Crippen LogP contribution >= 0.6 is 0 Å². The van der Waals surface area contributed by atoms with Crippen LogP contribution in [0, 0.1) is 6.92 Å².